The fourth-order valence-electron chi connectivity index (χ4n) is 1.73. The van der Waals surface area contributed by atoms with E-state index >= 15 is 0 Å². The van der Waals surface area contributed by atoms with Crippen LogP contribution in [0, 0.1) is 0 Å². The lowest BCUT2D eigenvalue weighted by molar-refractivity contribution is 0.568. The van der Waals surface area contributed by atoms with E-state index in [-0.39, 0.29) is 6.04 Å². The minimum atomic E-state index is 0.115. The van der Waals surface area contributed by atoms with Gasteiger partial charge in [-0.05, 0) is 35.7 Å². The van der Waals surface area contributed by atoms with E-state index in [1.807, 2.05) is 4.68 Å². The highest BCUT2D eigenvalue weighted by atomic mass is 32.1. The molecule has 1 atom stereocenters. The van der Waals surface area contributed by atoms with Gasteiger partial charge in [0.2, 0.25) is 0 Å². The van der Waals surface area contributed by atoms with Crippen LogP contribution in [0.25, 0.3) is 0 Å². The van der Waals surface area contributed by atoms with Crippen molar-refractivity contribution in [1.82, 2.24) is 14.8 Å². The number of hydrogen-bond acceptors (Lipinski definition) is 4. The van der Waals surface area contributed by atoms with Crippen LogP contribution in [0.15, 0.2) is 23.2 Å². The normalized spacial score (nSPS) is 12.9. The van der Waals surface area contributed by atoms with Crippen molar-refractivity contribution < 1.29 is 0 Å². The maximum atomic E-state index is 6.10. The minimum absolute atomic E-state index is 0.115. The molecule has 0 saturated carbocycles. The molecule has 0 bridgehead atoms. The molecule has 2 aromatic rings. The minimum Gasteiger partial charge on any atom is -0.327 e. The largest absolute Gasteiger partial charge is 0.327 e. The van der Waals surface area contributed by atoms with Crippen LogP contribution >= 0.6 is 11.3 Å². The third kappa shape index (κ3) is 2.68. The molecule has 0 radical (unpaired) electrons. The van der Waals surface area contributed by atoms with Gasteiger partial charge in [0.1, 0.15) is 12.2 Å². The van der Waals surface area contributed by atoms with Gasteiger partial charge in [0.15, 0.2) is 0 Å². The average molecular weight is 236 g/mol. The maximum Gasteiger partial charge on any atom is 0.138 e. The monoisotopic (exact) mass is 236 g/mol. The maximum absolute atomic E-state index is 6.10. The summed E-state index contributed by atoms with van der Waals surface area (Å²) in [7, 11) is 0. The van der Waals surface area contributed by atoms with Crippen molar-refractivity contribution in [2.24, 2.45) is 5.73 Å². The molecule has 0 saturated heterocycles. The first-order chi connectivity index (χ1) is 7.79. The molecule has 5 heteroatoms. The number of rotatable bonds is 5. The standard InChI is InChI=1S/C11H16N4S/c1-2-15-11(13-8-14-15)6-10(12)5-9-3-4-16-7-9/h3-4,7-8,10H,2,5-6,12H2,1H3. The second kappa shape index (κ2) is 5.23. The van der Waals surface area contributed by atoms with Crippen molar-refractivity contribution >= 4 is 11.3 Å². The SMILES string of the molecule is CCn1ncnc1CC(N)Cc1ccsc1. The number of nitrogens with zero attached hydrogens (tertiary/aromatic N) is 3. The molecule has 0 aromatic carbocycles. The summed E-state index contributed by atoms with van der Waals surface area (Å²) < 4.78 is 1.90. The van der Waals surface area contributed by atoms with Gasteiger partial charge in [0.05, 0.1) is 0 Å². The zero-order chi connectivity index (χ0) is 11.4. The first-order valence-electron chi connectivity index (χ1n) is 5.43. The number of thiophene rings is 1. The smallest absolute Gasteiger partial charge is 0.138 e. The zero-order valence-corrected chi connectivity index (χ0v) is 10.2. The second-order valence-corrected chi connectivity index (χ2v) is 4.57. The van der Waals surface area contributed by atoms with E-state index in [1.165, 1.54) is 5.56 Å². The van der Waals surface area contributed by atoms with Gasteiger partial charge < -0.3 is 5.73 Å². The van der Waals surface area contributed by atoms with Crippen LogP contribution in [0.5, 0.6) is 0 Å². The average Bonchev–Trinajstić information content (AvgIpc) is 2.88. The summed E-state index contributed by atoms with van der Waals surface area (Å²) in [4.78, 5) is 4.23. The van der Waals surface area contributed by atoms with Crippen LogP contribution in [0.3, 0.4) is 0 Å². The quantitative estimate of drug-likeness (QED) is 0.855. The van der Waals surface area contributed by atoms with Crippen LogP contribution in [-0.2, 0) is 19.4 Å². The Morgan fingerprint density at radius 3 is 3.06 bits per heavy atom. The van der Waals surface area contributed by atoms with Gasteiger partial charge >= 0.3 is 0 Å². The molecular weight excluding hydrogens is 220 g/mol. The third-order valence-electron chi connectivity index (χ3n) is 2.52. The van der Waals surface area contributed by atoms with Crippen LogP contribution < -0.4 is 5.73 Å². The predicted octanol–water partition coefficient (Wildman–Crippen LogP) is 1.47. The molecule has 0 aliphatic rings. The molecular formula is C11H16N4S. The molecule has 0 aliphatic carbocycles. The molecule has 0 aliphatic heterocycles. The first-order valence-corrected chi connectivity index (χ1v) is 6.37. The Kier molecular flexibility index (Phi) is 3.69. The molecule has 2 N–H and O–H groups in total. The van der Waals surface area contributed by atoms with Crippen molar-refractivity contribution in [3.63, 3.8) is 0 Å². The Hall–Kier alpha value is -1.20. The van der Waals surface area contributed by atoms with E-state index in [2.05, 4.69) is 33.8 Å². The lowest BCUT2D eigenvalue weighted by Gasteiger charge is -2.10. The number of aromatic nitrogens is 3. The van der Waals surface area contributed by atoms with Gasteiger partial charge in [-0.2, -0.15) is 16.4 Å². The summed E-state index contributed by atoms with van der Waals surface area (Å²) in [6, 6.07) is 2.24. The van der Waals surface area contributed by atoms with Crippen LogP contribution in [-0.4, -0.2) is 20.8 Å². The summed E-state index contributed by atoms with van der Waals surface area (Å²) in [5.74, 6) is 0.977. The molecule has 16 heavy (non-hydrogen) atoms. The van der Waals surface area contributed by atoms with Crippen molar-refractivity contribution in [2.75, 3.05) is 0 Å². The highest BCUT2D eigenvalue weighted by molar-refractivity contribution is 7.07. The molecule has 4 nitrogen and oxygen atoms in total. The highest BCUT2D eigenvalue weighted by Crippen LogP contribution is 2.09. The second-order valence-electron chi connectivity index (χ2n) is 3.79. The fourth-order valence-corrected chi connectivity index (χ4v) is 2.41. The van der Waals surface area contributed by atoms with Crippen molar-refractivity contribution in [1.29, 1.82) is 0 Å². The van der Waals surface area contributed by atoms with Gasteiger partial charge in [0.25, 0.3) is 0 Å². The topological polar surface area (TPSA) is 56.7 Å². The summed E-state index contributed by atoms with van der Waals surface area (Å²) in [5, 5.41) is 8.36. The van der Waals surface area contributed by atoms with E-state index in [0.717, 1.165) is 25.2 Å². The Bertz CT molecular complexity index is 421. The van der Waals surface area contributed by atoms with Gasteiger partial charge in [-0.25, -0.2) is 4.98 Å². The van der Waals surface area contributed by atoms with Crippen molar-refractivity contribution in [3.05, 3.63) is 34.5 Å². The highest BCUT2D eigenvalue weighted by Gasteiger charge is 2.10. The Morgan fingerprint density at radius 1 is 1.50 bits per heavy atom. The Morgan fingerprint density at radius 2 is 2.38 bits per heavy atom. The van der Waals surface area contributed by atoms with Gasteiger partial charge in [-0.15, -0.1) is 0 Å². The summed E-state index contributed by atoms with van der Waals surface area (Å²) in [6.07, 6.45) is 3.28. The van der Waals surface area contributed by atoms with Gasteiger partial charge in [0, 0.05) is 19.0 Å². The number of aryl methyl sites for hydroxylation is 1. The van der Waals surface area contributed by atoms with Crippen LogP contribution in [0.1, 0.15) is 18.3 Å². The van der Waals surface area contributed by atoms with E-state index in [9.17, 15) is 0 Å². The van der Waals surface area contributed by atoms with Crippen molar-refractivity contribution in [2.45, 2.75) is 32.4 Å². The molecule has 1 unspecified atom stereocenters. The molecule has 0 amide bonds. The van der Waals surface area contributed by atoms with E-state index in [0.29, 0.717) is 0 Å². The molecule has 0 spiro atoms. The molecule has 2 rings (SSSR count). The Labute approximate surface area is 99.1 Å². The summed E-state index contributed by atoms with van der Waals surface area (Å²) in [5.41, 5.74) is 7.41. The van der Waals surface area contributed by atoms with Crippen LogP contribution in [0.2, 0.25) is 0 Å². The molecule has 0 fully saturated rings. The van der Waals surface area contributed by atoms with E-state index in [4.69, 9.17) is 5.73 Å². The van der Waals surface area contributed by atoms with Gasteiger partial charge in [-0.1, -0.05) is 0 Å². The Balaban J connectivity index is 1.94. The zero-order valence-electron chi connectivity index (χ0n) is 9.34. The van der Waals surface area contributed by atoms with Gasteiger partial charge in [-0.3, -0.25) is 4.68 Å². The van der Waals surface area contributed by atoms with E-state index < -0.39 is 0 Å². The lowest BCUT2D eigenvalue weighted by atomic mass is 10.1. The molecule has 2 heterocycles. The summed E-state index contributed by atoms with van der Waals surface area (Å²) >= 11 is 1.71. The fraction of sp³-hybridized carbons (Fsp3) is 0.455. The van der Waals surface area contributed by atoms with Crippen LogP contribution in [0.4, 0.5) is 0 Å². The van der Waals surface area contributed by atoms with Crippen molar-refractivity contribution in [3.8, 4) is 0 Å². The van der Waals surface area contributed by atoms with E-state index in [1.54, 1.807) is 17.7 Å². The molecule has 2 aromatic heterocycles. The summed E-state index contributed by atoms with van der Waals surface area (Å²) in [6.45, 7) is 2.91. The number of hydrogen-bond donors (Lipinski definition) is 1. The first kappa shape index (κ1) is 11.3. The molecule has 86 valence electrons. The third-order valence-corrected chi connectivity index (χ3v) is 3.25. The predicted molar refractivity (Wildman–Crippen MR) is 65.4 cm³/mol. The lowest BCUT2D eigenvalue weighted by Crippen LogP contribution is -2.27. The number of nitrogens with two attached hydrogens (primary N) is 1.